The molecule has 0 bridgehead atoms. The van der Waals surface area contributed by atoms with Crippen molar-refractivity contribution in [2.24, 2.45) is 0 Å². The molecule has 0 aromatic carbocycles. The van der Waals surface area contributed by atoms with Crippen LogP contribution in [-0.4, -0.2) is 41.9 Å². The third-order valence-electron chi connectivity index (χ3n) is 3.57. The number of carbonyl (C=O) groups excluding carboxylic acids is 4. The van der Waals surface area contributed by atoms with Crippen LogP contribution < -0.4 is 0 Å². The zero-order valence-corrected chi connectivity index (χ0v) is 17.8. The Labute approximate surface area is 170 Å². The van der Waals surface area contributed by atoms with Crippen LogP contribution in [0.3, 0.4) is 0 Å². The topological polar surface area (TPSA) is 105 Å². The van der Waals surface area contributed by atoms with Gasteiger partial charge in [0, 0.05) is 22.3 Å². The molecule has 0 aromatic rings. The van der Waals surface area contributed by atoms with Crippen molar-refractivity contribution in [3.63, 3.8) is 0 Å². The van der Waals surface area contributed by atoms with Crippen molar-refractivity contribution >= 4 is 23.9 Å². The van der Waals surface area contributed by atoms with Gasteiger partial charge in [0.25, 0.3) is 0 Å². The van der Waals surface area contributed by atoms with Gasteiger partial charge in [-0.05, 0) is 41.5 Å². The summed E-state index contributed by atoms with van der Waals surface area (Å²) in [5, 5.41) is 0. The van der Waals surface area contributed by atoms with E-state index in [2.05, 4.69) is 26.3 Å². The molecule has 0 aliphatic carbocycles. The lowest BCUT2D eigenvalue weighted by Gasteiger charge is -2.42. The van der Waals surface area contributed by atoms with E-state index in [1.54, 1.807) is 0 Å². The Morgan fingerprint density at radius 2 is 0.931 bits per heavy atom. The van der Waals surface area contributed by atoms with Gasteiger partial charge in [-0.2, -0.15) is 0 Å². The molecule has 0 N–H and O–H groups in total. The monoisotopic (exact) mass is 408 g/mol. The van der Waals surface area contributed by atoms with E-state index >= 15 is 0 Å². The first-order valence-electron chi connectivity index (χ1n) is 8.55. The van der Waals surface area contributed by atoms with Gasteiger partial charge in [-0.1, -0.05) is 26.3 Å². The van der Waals surface area contributed by atoms with Gasteiger partial charge in [-0.3, -0.25) is 0 Å². The smallest absolute Gasteiger partial charge is 0.336 e. The molecule has 8 nitrogen and oxygen atoms in total. The van der Waals surface area contributed by atoms with Crippen molar-refractivity contribution in [2.45, 2.75) is 52.9 Å². The van der Waals surface area contributed by atoms with Crippen LogP contribution in [0.2, 0.25) is 0 Å². The third kappa shape index (κ3) is 7.06. The van der Waals surface area contributed by atoms with Gasteiger partial charge in [0.05, 0.1) is 0 Å². The Morgan fingerprint density at radius 1 is 0.621 bits per heavy atom. The highest BCUT2D eigenvalue weighted by Crippen LogP contribution is 2.34. The minimum atomic E-state index is -2.35. The fraction of sp³-hybridized carbons (Fsp3) is 0.429. The molecule has 0 aliphatic rings. The molecule has 8 heteroatoms. The molecule has 0 aromatic heterocycles. The van der Waals surface area contributed by atoms with Crippen LogP contribution in [0, 0.1) is 0 Å². The average Bonchev–Trinajstić information content (AvgIpc) is 2.57. The molecule has 0 rings (SSSR count). The first kappa shape index (κ1) is 25.8. The Kier molecular flexibility index (Phi) is 8.79. The summed E-state index contributed by atoms with van der Waals surface area (Å²) < 4.78 is 21.2. The molecule has 160 valence electrons. The second kappa shape index (κ2) is 9.86. The maximum Gasteiger partial charge on any atom is 0.336 e. The van der Waals surface area contributed by atoms with E-state index in [9.17, 15) is 19.2 Å². The molecular formula is C21H28O8. The zero-order valence-electron chi connectivity index (χ0n) is 17.8. The summed E-state index contributed by atoms with van der Waals surface area (Å²) in [7, 11) is 0. The Hall–Kier alpha value is -3.16. The highest BCUT2D eigenvalue weighted by Gasteiger charge is 2.57. The fourth-order valence-corrected chi connectivity index (χ4v) is 1.65. The van der Waals surface area contributed by atoms with Gasteiger partial charge >= 0.3 is 29.7 Å². The number of ether oxygens (including phenoxy) is 4. The molecule has 0 spiro atoms. The van der Waals surface area contributed by atoms with E-state index in [0.29, 0.717) is 0 Å². The van der Waals surface area contributed by atoms with E-state index in [0.717, 1.165) is 0 Å². The summed E-state index contributed by atoms with van der Waals surface area (Å²) in [5.74, 6) is -5.97. The standard InChI is InChI=1S/C21H28O8/c1-12(2)16(22)26-11-21(28-18(24)14(5)6,29-19(25)15(7)8)20(9,10)27-17(23)13(3)4/h1,3,5,7,11H2,2,4,6,8-10H3. The van der Waals surface area contributed by atoms with E-state index in [-0.39, 0.29) is 22.3 Å². The predicted molar refractivity (Wildman–Crippen MR) is 105 cm³/mol. The van der Waals surface area contributed by atoms with Crippen LogP contribution in [0.25, 0.3) is 0 Å². The van der Waals surface area contributed by atoms with Crippen molar-refractivity contribution in [2.75, 3.05) is 6.61 Å². The predicted octanol–water partition coefficient (Wildman–Crippen LogP) is 2.94. The van der Waals surface area contributed by atoms with Gasteiger partial charge in [0.1, 0.15) is 0 Å². The van der Waals surface area contributed by atoms with E-state index in [1.165, 1.54) is 41.5 Å². The van der Waals surface area contributed by atoms with E-state index in [1.807, 2.05) is 0 Å². The van der Waals surface area contributed by atoms with Crippen LogP contribution in [0.4, 0.5) is 0 Å². The molecule has 0 amide bonds. The molecule has 0 heterocycles. The lowest BCUT2D eigenvalue weighted by atomic mass is 9.96. The first-order chi connectivity index (χ1) is 13.1. The lowest BCUT2D eigenvalue weighted by molar-refractivity contribution is -0.298. The summed E-state index contributed by atoms with van der Waals surface area (Å²) in [5.41, 5.74) is -1.78. The van der Waals surface area contributed by atoms with Crippen LogP contribution in [0.15, 0.2) is 48.6 Å². The van der Waals surface area contributed by atoms with Crippen molar-refractivity contribution in [3.05, 3.63) is 48.6 Å². The van der Waals surface area contributed by atoms with Gasteiger partial charge in [-0.15, -0.1) is 0 Å². The van der Waals surface area contributed by atoms with Crippen LogP contribution in [0.5, 0.6) is 0 Å². The van der Waals surface area contributed by atoms with Gasteiger partial charge in [0.2, 0.25) is 0 Å². The normalized spacial score (nSPS) is 11.0. The van der Waals surface area contributed by atoms with Crippen molar-refractivity contribution < 1.29 is 38.1 Å². The van der Waals surface area contributed by atoms with Gasteiger partial charge < -0.3 is 18.9 Å². The highest BCUT2D eigenvalue weighted by atomic mass is 16.8. The average molecular weight is 408 g/mol. The van der Waals surface area contributed by atoms with Crippen LogP contribution >= 0.6 is 0 Å². The summed E-state index contributed by atoms with van der Waals surface area (Å²) >= 11 is 0. The lowest BCUT2D eigenvalue weighted by Crippen LogP contribution is -2.61. The molecule has 0 fully saturated rings. The number of hydrogen-bond acceptors (Lipinski definition) is 8. The molecular weight excluding hydrogens is 380 g/mol. The van der Waals surface area contributed by atoms with Crippen molar-refractivity contribution in [3.8, 4) is 0 Å². The second-order valence-corrected chi connectivity index (χ2v) is 7.13. The first-order valence-corrected chi connectivity index (χ1v) is 8.55. The van der Waals surface area contributed by atoms with Crippen molar-refractivity contribution in [1.29, 1.82) is 0 Å². The quantitative estimate of drug-likeness (QED) is 0.235. The fourth-order valence-electron chi connectivity index (χ4n) is 1.65. The highest BCUT2D eigenvalue weighted by molar-refractivity contribution is 5.90. The summed E-state index contributed by atoms with van der Waals surface area (Å²) in [6.45, 7) is 21.3. The SMILES string of the molecule is C=C(C)C(=O)OCC(OC(=O)C(=C)C)(OC(=O)C(=C)C)C(C)(C)OC(=O)C(=C)C. The van der Waals surface area contributed by atoms with E-state index < -0.39 is 41.9 Å². The maximum absolute atomic E-state index is 12.3. The van der Waals surface area contributed by atoms with Crippen LogP contribution in [0.1, 0.15) is 41.5 Å². The molecule has 0 unspecified atom stereocenters. The third-order valence-corrected chi connectivity index (χ3v) is 3.57. The minimum absolute atomic E-state index is 0.0333. The molecule has 0 atom stereocenters. The summed E-state index contributed by atoms with van der Waals surface area (Å²) in [6, 6.07) is 0. The number of carbonyl (C=O) groups is 4. The molecule has 0 saturated carbocycles. The molecule has 29 heavy (non-hydrogen) atoms. The van der Waals surface area contributed by atoms with Crippen LogP contribution in [-0.2, 0) is 38.1 Å². The minimum Gasteiger partial charge on any atom is -0.454 e. The second-order valence-electron chi connectivity index (χ2n) is 7.13. The summed E-state index contributed by atoms with van der Waals surface area (Å²) in [4.78, 5) is 48.7. The van der Waals surface area contributed by atoms with E-state index in [4.69, 9.17) is 18.9 Å². The number of rotatable bonds is 10. The Balaban J connectivity index is 6.42. The number of esters is 4. The summed E-state index contributed by atoms with van der Waals surface area (Å²) in [6.07, 6.45) is 0. The Morgan fingerprint density at radius 3 is 1.24 bits per heavy atom. The van der Waals surface area contributed by atoms with Crippen molar-refractivity contribution in [1.82, 2.24) is 0 Å². The zero-order chi connectivity index (χ0) is 23.2. The van der Waals surface area contributed by atoms with Gasteiger partial charge in [-0.25, -0.2) is 19.2 Å². The molecule has 0 radical (unpaired) electrons. The largest absolute Gasteiger partial charge is 0.454 e. The van der Waals surface area contributed by atoms with Gasteiger partial charge in [0.15, 0.2) is 12.2 Å². The molecule has 0 saturated heterocycles. The maximum atomic E-state index is 12.3. The Bertz CT molecular complexity index is 742. The molecule has 0 aliphatic heterocycles. The number of hydrogen-bond donors (Lipinski definition) is 0.